The van der Waals surface area contributed by atoms with E-state index in [-0.39, 0.29) is 6.04 Å². The van der Waals surface area contributed by atoms with Gasteiger partial charge in [-0.1, -0.05) is 18.2 Å². The molecule has 0 aromatic heterocycles. The summed E-state index contributed by atoms with van der Waals surface area (Å²) < 4.78 is 10.2. The normalized spacial score (nSPS) is 14.4. The molecule has 2 atom stereocenters. The van der Waals surface area contributed by atoms with Gasteiger partial charge in [-0.25, -0.2) is 0 Å². The summed E-state index contributed by atoms with van der Waals surface area (Å²) in [6.07, 6.45) is 0.643. The maximum Gasteiger partial charge on any atom is 0.124 e. The Morgan fingerprint density at radius 2 is 2.00 bits per heavy atom. The summed E-state index contributed by atoms with van der Waals surface area (Å²) in [7, 11) is 3.24. The maximum absolute atomic E-state index is 10.1. The van der Waals surface area contributed by atoms with Crippen molar-refractivity contribution in [2.75, 3.05) is 20.8 Å². The van der Waals surface area contributed by atoms with E-state index >= 15 is 0 Å². The van der Waals surface area contributed by atoms with Crippen molar-refractivity contribution in [1.29, 1.82) is 0 Å². The standard InChI is InChI=1S/C13H21NO3/c1-16-8-7-10(14)9-12(15)11-5-3-4-6-13(11)17-2/h3-6,10,12,15H,7-9,14H2,1-2H3. The van der Waals surface area contributed by atoms with E-state index in [2.05, 4.69) is 0 Å². The van der Waals surface area contributed by atoms with Crippen molar-refractivity contribution in [3.05, 3.63) is 29.8 Å². The summed E-state index contributed by atoms with van der Waals surface area (Å²) in [6.45, 7) is 0.611. The Morgan fingerprint density at radius 3 is 2.65 bits per heavy atom. The fourth-order valence-electron chi connectivity index (χ4n) is 1.74. The lowest BCUT2D eigenvalue weighted by atomic mass is 10.00. The molecule has 0 heterocycles. The zero-order valence-corrected chi connectivity index (χ0v) is 10.4. The fraction of sp³-hybridized carbons (Fsp3) is 0.538. The van der Waals surface area contributed by atoms with Crippen LogP contribution in [0.3, 0.4) is 0 Å². The van der Waals surface area contributed by atoms with Crippen molar-refractivity contribution in [3.8, 4) is 5.75 Å². The summed E-state index contributed by atoms with van der Waals surface area (Å²) in [5, 5.41) is 10.1. The molecule has 4 nitrogen and oxygen atoms in total. The van der Waals surface area contributed by atoms with Crippen LogP contribution in [0.25, 0.3) is 0 Å². The van der Waals surface area contributed by atoms with Crippen LogP contribution < -0.4 is 10.5 Å². The van der Waals surface area contributed by atoms with Gasteiger partial charge in [0.1, 0.15) is 5.75 Å². The van der Waals surface area contributed by atoms with E-state index in [0.717, 1.165) is 12.0 Å². The Kier molecular flexibility index (Phi) is 5.97. The molecule has 0 fully saturated rings. The minimum Gasteiger partial charge on any atom is -0.496 e. The molecule has 0 aliphatic rings. The molecule has 0 amide bonds. The first-order valence-electron chi connectivity index (χ1n) is 5.74. The summed E-state index contributed by atoms with van der Waals surface area (Å²) >= 11 is 0. The van der Waals surface area contributed by atoms with Crippen LogP contribution in [0.5, 0.6) is 5.75 Å². The summed E-state index contributed by atoms with van der Waals surface area (Å²) in [5.41, 5.74) is 6.69. The number of aliphatic hydroxyl groups excluding tert-OH is 1. The van der Waals surface area contributed by atoms with Crippen molar-refractivity contribution >= 4 is 0 Å². The van der Waals surface area contributed by atoms with Gasteiger partial charge in [0.2, 0.25) is 0 Å². The first kappa shape index (κ1) is 14.0. The van der Waals surface area contributed by atoms with Gasteiger partial charge in [-0.15, -0.1) is 0 Å². The molecule has 0 radical (unpaired) electrons. The van der Waals surface area contributed by atoms with Crippen molar-refractivity contribution in [2.24, 2.45) is 5.73 Å². The lowest BCUT2D eigenvalue weighted by Gasteiger charge is -2.18. The van der Waals surface area contributed by atoms with Gasteiger partial charge in [0.25, 0.3) is 0 Å². The molecule has 0 aliphatic carbocycles. The second-order valence-corrected chi connectivity index (χ2v) is 4.04. The van der Waals surface area contributed by atoms with E-state index in [0.29, 0.717) is 18.8 Å². The third kappa shape index (κ3) is 4.34. The second-order valence-electron chi connectivity index (χ2n) is 4.04. The maximum atomic E-state index is 10.1. The third-order valence-corrected chi connectivity index (χ3v) is 2.72. The molecular formula is C13H21NO3. The first-order chi connectivity index (χ1) is 8.19. The molecule has 0 saturated carbocycles. The van der Waals surface area contributed by atoms with Gasteiger partial charge in [0.05, 0.1) is 13.2 Å². The number of hydrogen-bond donors (Lipinski definition) is 2. The minimum absolute atomic E-state index is 0.0742. The van der Waals surface area contributed by atoms with Crippen molar-refractivity contribution < 1.29 is 14.6 Å². The van der Waals surface area contributed by atoms with Gasteiger partial charge in [0, 0.05) is 25.3 Å². The highest BCUT2D eigenvalue weighted by atomic mass is 16.5. The number of ether oxygens (including phenoxy) is 2. The number of rotatable bonds is 7. The molecule has 96 valence electrons. The Labute approximate surface area is 102 Å². The summed E-state index contributed by atoms with van der Waals surface area (Å²) in [5.74, 6) is 0.693. The number of nitrogens with two attached hydrogens (primary N) is 1. The van der Waals surface area contributed by atoms with Gasteiger partial charge in [-0.3, -0.25) is 0 Å². The van der Waals surface area contributed by atoms with Crippen LogP contribution >= 0.6 is 0 Å². The monoisotopic (exact) mass is 239 g/mol. The van der Waals surface area contributed by atoms with Crippen molar-refractivity contribution in [2.45, 2.75) is 25.0 Å². The van der Waals surface area contributed by atoms with E-state index in [9.17, 15) is 5.11 Å². The van der Waals surface area contributed by atoms with Gasteiger partial charge in [0.15, 0.2) is 0 Å². The SMILES string of the molecule is COCCC(N)CC(O)c1ccccc1OC. The average Bonchev–Trinajstić information content (AvgIpc) is 2.36. The molecule has 1 aromatic carbocycles. The number of para-hydroxylation sites is 1. The zero-order chi connectivity index (χ0) is 12.7. The van der Waals surface area contributed by atoms with Crippen LogP contribution in [0, 0.1) is 0 Å². The third-order valence-electron chi connectivity index (χ3n) is 2.72. The highest BCUT2D eigenvalue weighted by molar-refractivity contribution is 5.34. The molecule has 1 rings (SSSR count). The predicted molar refractivity (Wildman–Crippen MR) is 67.0 cm³/mol. The Hall–Kier alpha value is -1.10. The molecule has 1 aromatic rings. The molecule has 3 N–H and O–H groups in total. The zero-order valence-electron chi connectivity index (χ0n) is 10.4. The molecule has 4 heteroatoms. The number of hydrogen-bond acceptors (Lipinski definition) is 4. The van der Waals surface area contributed by atoms with Crippen LogP contribution in [0.4, 0.5) is 0 Å². The van der Waals surface area contributed by atoms with Crippen molar-refractivity contribution in [3.63, 3.8) is 0 Å². The second kappa shape index (κ2) is 7.27. The lowest BCUT2D eigenvalue weighted by Crippen LogP contribution is -2.24. The van der Waals surface area contributed by atoms with Crippen LogP contribution in [0.15, 0.2) is 24.3 Å². The quantitative estimate of drug-likeness (QED) is 0.756. The van der Waals surface area contributed by atoms with Crippen LogP contribution in [-0.4, -0.2) is 32.0 Å². The van der Waals surface area contributed by atoms with Gasteiger partial charge >= 0.3 is 0 Å². The van der Waals surface area contributed by atoms with E-state index in [4.69, 9.17) is 15.2 Å². The molecule has 0 spiro atoms. The summed E-state index contributed by atoms with van der Waals surface area (Å²) in [6, 6.07) is 7.36. The van der Waals surface area contributed by atoms with E-state index in [1.807, 2.05) is 24.3 Å². The Bertz CT molecular complexity index is 330. The molecule has 17 heavy (non-hydrogen) atoms. The van der Waals surface area contributed by atoms with Crippen molar-refractivity contribution in [1.82, 2.24) is 0 Å². The lowest BCUT2D eigenvalue weighted by molar-refractivity contribution is 0.138. The van der Waals surface area contributed by atoms with Crippen LogP contribution in [0.1, 0.15) is 24.5 Å². The minimum atomic E-state index is -0.599. The molecule has 0 saturated heterocycles. The first-order valence-corrected chi connectivity index (χ1v) is 5.74. The number of methoxy groups -OCH3 is 2. The predicted octanol–water partition coefficient (Wildman–Crippen LogP) is 1.48. The number of aliphatic hydroxyl groups is 1. The van der Waals surface area contributed by atoms with E-state index in [1.54, 1.807) is 14.2 Å². The largest absolute Gasteiger partial charge is 0.496 e. The highest BCUT2D eigenvalue weighted by Gasteiger charge is 2.16. The molecular weight excluding hydrogens is 218 g/mol. The van der Waals surface area contributed by atoms with E-state index in [1.165, 1.54) is 0 Å². The average molecular weight is 239 g/mol. The summed E-state index contributed by atoms with van der Waals surface area (Å²) in [4.78, 5) is 0. The van der Waals surface area contributed by atoms with Crippen LogP contribution in [0.2, 0.25) is 0 Å². The van der Waals surface area contributed by atoms with Gasteiger partial charge < -0.3 is 20.3 Å². The van der Waals surface area contributed by atoms with E-state index < -0.39 is 6.10 Å². The smallest absolute Gasteiger partial charge is 0.124 e. The molecule has 0 aliphatic heterocycles. The van der Waals surface area contributed by atoms with Gasteiger partial charge in [-0.2, -0.15) is 0 Å². The Balaban J connectivity index is 2.59. The highest BCUT2D eigenvalue weighted by Crippen LogP contribution is 2.27. The fourth-order valence-corrected chi connectivity index (χ4v) is 1.74. The van der Waals surface area contributed by atoms with Crippen LogP contribution in [-0.2, 0) is 4.74 Å². The van der Waals surface area contributed by atoms with Gasteiger partial charge in [-0.05, 0) is 18.9 Å². The molecule has 0 bridgehead atoms. The Morgan fingerprint density at radius 1 is 1.29 bits per heavy atom. The topological polar surface area (TPSA) is 64.7 Å². The molecule has 2 unspecified atom stereocenters. The number of benzene rings is 1.